The molecule has 4 nitrogen and oxygen atoms in total. The van der Waals surface area contributed by atoms with Gasteiger partial charge in [0.25, 0.3) is 0 Å². The summed E-state index contributed by atoms with van der Waals surface area (Å²) in [5, 5.41) is 9.78. The molecule has 2 aliphatic rings. The fourth-order valence-electron chi connectivity index (χ4n) is 4.61. The first-order valence-electron chi connectivity index (χ1n) is 10.7. The van der Waals surface area contributed by atoms with E-state index < -0.39 is 0 Å². The Hall–Kier alpha value is -1.72. The Labute approximate surface area is 176 Å². The van der Waals surface area contributed by atoms with Crippen molar-refractivity contribution in [2.45, 2.75) is 25.0 Å². The molecule has 1 N–H and O–H groups in total. The summed E-state index contributed by atoms with van der Waals surface area (Å²) in [6.07, 6.45) is 2.37. The lowest BCUT2D eigenvalue weighted by Gasteiger charge is -2.16. The molecule has 0 aromatic heterocycles. The highest BCUT2D eigenvalue weighted by molar-refractivity contribution is 5.17. The maximum atomic E-state index is 9.78. The standard InChI is InChI=1S/C13H19NO.C12H17NO/c1-14-9-12(13(10-14)15-2)8-11-6-4-3-5-7-11;1-13-8-11(12(14)9-13)7-10-5-3-2-4-6-10/h3-7,12-13H,8-10H2,1-2H3;2-6,11-12,14H,7-9H2,1H3/t12?,13-;11?,12-/m11/s1. The van der Waals surface area contributed by atoms with Gasteiger partial charge < -0.3 is 19.6 Å². The molecular weight excluding hydrogens is 360 g/mol. The number of aliphatic hydroxyl groups excluding tert-OH is 1. The molecule has 4 rings (SSSR count). The molecule has 2 saturated heterocycles. The number of aliphatic hydroxyl groups is 1. The quantitative estimate of drug-likeness (QED) is 0.843. The number of rotatable bonds is 5. The number of hydrogen-bond donors (Lipinski definition) is 1. The molecule has 4 heteroatoms. The number of hydrogen-bond acceptors (Lipinski definition) is 4. The van der Waals surface area contributed by atoms with Crippen LogP contribution in [-0.4, -0.2) is 74.5 Å². The molecule has 0 spiro atoms. The predicted molar refractivity (Wildman–Crippen MR) is 119 cm³/mol. The summed E-state index contributed by atoms with van der Waals surface area (Å²) in [6.45, 7) is 4.04. The maximum Gasteiger partial charge on any atom is 0.0741 e. The summed E-state index contributed by atoms with van der Waals surface area (Å²) in [6, 6.07) is 21.1. The largest absolute Gasteiger partial charge is 0.391 e. The van der Waals surface area contributed by atoms with Gasteiger partial charge >= 0.3 is 0 Å². The van der Waals surface area contributed by atoms with Crippen LogP contribution in [0.4, 0.5) is 0 Å². The lowest BCUT2D eigenvalue weighted by Crippen LogP contribution is -2.22. The number of benzene rings is 2. The van der Waals surface area contributed by atoms with Crippen molar-refractivity contribution >= 4 is 0 Å². The molecule has 2 aromatic rings. The molecule has 2 aliphatic heterocycles. The van der Waals surface area contributed by atoms with E-state index in [1.807, 2.05) is 13.2 Å². The molecule has 2 aromatic carbocycles. The van der Waals surface area contributed by atoms with Gasteiger partial charge in [-0.3, -0.25) is 0 Å². The molecule has 0 aliphatic carbocycles. The van der Waals surface area contributed by atoms with Crippen LogP contribution in [-0.2, 0) is 17.6 Å². The third-order valence-electron chi connectivity index (χ3n) is 6.14. The molecule has 158 valence electrons. The third-order valence-corrected chi connectivity index (χ3v) is 6.14. The SMILES string of the molecule is CN1CC(Cc2ccccc2)[C@H](O)C1.CO[C@@H]1CN(C)CC1Cc1ccccc1. The van der Waals surface area contributed by atoms with E-state index in [0.29, 0.717) is 17.9 Å². The van der Waals surface area contributed by atoms with Crippen LogP contribution in [0.2, 0.25) is 0 Å². The van der Waals surface area contributed by atoms with Crippen LogP contribution in [0.1, 0.15) is 11.1 Å². The third kappa shape index (κ3) is 6.65. The van der Waals surface area contributed by atoms with Gasteiger partial charge in [0.1, 0.15) is 0 Å². The highest BCUT2D eigenvalue weighted by Crippen LogP contribution is 2.22. The summed E-state index contributed by atoms with van der Waals surface area (Å²) < 4.78 is 5.52. The lowest BCUT2D eigenvalue weighted by molar-refractivity contribution is 0.0798. The lowest BCUT2D eigenvalue weighted by atomic mass is 9.97. The van der Waals surface area contributed by atoms with E-state index in [2.05, 4.69) is 78.5 Å². The van der Waals surface area contributed by atoms with Gasteiger partial charge in [-0.15, -0.1) is 0 Å². The van der Waals surface area contributed by atoms with Crippen LogP contribution in [0, 0.1) is 11.8 Å². The fourth-order valence-corrected chi connectivity index (χ4v) is 4.61. The van der Waals surface area contributed by atoms with Crippen LogP contribution in [0.5, 0.6) is 0 Å². The first-order chi connectivity index (χ1) is 14.0. The molecule has 2 unspecified atom stereocenters. The van der Waals surface area contributed by atoms with E-state index in [1.54, 1.807) is 0 Å². The number of likely N-dealkylation sites (tertiary alicyclic amines) is 2. The highest BCUT2D eigenvalue weighted by Gasteiger charge is 2.30. The number of nitrogens with zero attached hydrogens (tertiary/aromatic N) is 2. The minimum absolute atomic E-state index is 0.153. The number of likely N-dealkylation sites (N-methyl/N-ethyl adjacent to an activating group) is 2. The zero-order valence-corrected chi connectivity index (χ0v) is 18.1. The molecular formula is C25H36N2O2. The highest BCUT2D eigenvalue weighted by atomic mass is 16.5. The Morgan fingerprint density at radius 3 is 1.72 bits per heavy atom. The molecule has 0 amide bonds. The molecule has 0 bridgehead atoms. The van der Waals surface area contributed by atoms with Crippen LogP contribution in [0.3, 0.4) is 0 Å². The number of ether oxygens (including phenoxy) is 1. The fraction of sp³-hybridized carbons (Fsp3) is 0.520. The van der Waals surface area contributed by atoms with Gasteiger partial charge in [-0.2, -0.15) is 0 Å². The van der Waals surface area contributed by atoms with Crippen LogP contribution in [0.15, 0.2) is 60.7 Å². The average molecular weight is 397 g/mol. The Bertz CT molecular complexity index is 709. The zero-order valence-electron chi connectivity index (χ0n) is 18.1. The van der Waals surface area contributed by atoms with Crippen molar-refractivity contribution in [2.75, 3.05) is 47.4 Å². The van der Waals surface area contributed by atoms with Crippen molar-refractivity contribution in [1.29, 1.82) is 0 Å². The summed E-state index contributed by atoms with van der Waals surface area (Å²) in [4.78, 5) is 4.54. The van der Waals surface area contributed by atoms with Crippen molar-refractivity contribution in [2.24, 2.45) is 11.8 Å². The topological polar surface area (TPSA) is 35.9 Å². The second-order valence-corrected chi connectivity index (χ2v) is 8.68. The molecule has 4 atom stereocenters. The van der Waals surface area contributed by atoms with E-state index in [-0.39, 0.29) is 6.10 Å². The molecule has 0 saturated carbocycles. The second kappa shape index (κ2) is 10.9. The minimum atomic E-state index is -0.153. The van der Waals surface area contributed by atoms with Gasteiger partial charge in [0, 0.05) is 45.1 Å². The van der Waals surface area contributed by atoms with Crippen molar-refractivity contribution in [1.82, 2.24) is 9.80 Å². The Kier molecular flexibility index (Phi) is 8.25. The first kappa shape index (κ1) is 22.0. The van der Waals surface area contributed by atoms with E-state index in [9.17, 15) is 5.11 Å². The van der Waals surface area contributed by atoms with Crippen LogP contribution in [0.25, 0.3) is 0 Å². The van der Waals surface area contributed by atoms with E-state index in [1.165, 1.54) is 11.1 Å². The van der Waals surface area contributed by atoms with Crippen LogP contribution < -0.4 is 0 Å². The van der Waals surface area contributed by atoms with Crippen molar-refractivity contribution in [3.8, 4) is 0 Å². The monoisotopic (exact) mass is 396 g/mol. The summed E-state index contributed by atoms with van der Waals surface area (Å²) in [5.74, 6) is 1.05. The van der Waals surface area contributed by atoms with E-state index in [0.717, 1.165) is 39.0 Å². The summed E-state index contributed by atoms with van der Waals surface area (Å²) >= 11 is 0. The minimum Gasteiger partial charge on any atom is -0.391 e. The van der Waals surface area contributed by atoms with Gasteiger partial charge in [-0.25, -0.2) is 0 Å². The predicted octanol–water partition coefficient (Wildman–Crippen LogP) is 2.96. The van der Waals surface area contributed by atoms with Crippen LogP contribution >= 0.6 is 0 Å². The van der Waals surface area contributed by atoms with Gasteiger partial charge in [0.15, 0.2) is 0 Å². The van der Waals surface area contributed by atoms with Crippen molar-refractivity contribution < 1.29 is 9.84 Å². The Balaban J connectivity index is 0.000000166. The summed E-state index contributed by atoms with van der Waals surface area (Å²) in [5.41, 5.74) is 2.74. The van der Waals surface area contributed by atoms with Crippen molar-refractivity contribution in [3.63, 3.8) is 0 Å². The molecule has 29 heavy (non-hydrogen) atoms. The van der Waals surface area contributed by atoms with Gasteiger partial charge in [0.05, 0.1) is 12.2 Å². The van der Waals surface area contributed by atoms with E-state index in [4.69, 9.17) is 4.74 Å². The summed E-state index contributed by atoms with van der Waals surface area (Å²) in [7, 11) is 6.05. The second-order valence-electron chi connectivity index (χ2n) is 8.68. The Morgan fingerprint density at radius 2 is 1.24 bits per heavy atom. The molecule has 0 radical (unpaired) electrons. The smallest absolute Gasteiger partial charge is 0.0741 e. The number of methoxy groups -OCH3 is 1. The molecule has 2 heterocycles. The van der Waals surface area contributed by atoms with Gasteiger partial charge in [-0.1, -0.05) is 60.7 Å². The van der Waals surface area contributed by atoms with Gasteiger partial charge in [0.2, 0.25) is 0 Å². The van der Waals surface area contributed by atoms with E-state index >= 15 is 0 Å². The van der Waals surface area contributed by atoms with Gasteiger partial charge in [-0.05, 0) is 38.1 Å². The Morgan fingerprint density at radius 1 is 0.759 bits per heavy atom. The number of β-amino-alcohol motifs (C(OH)–C–C–N with tert-alkyl or cyclic N) is 1. The maximum absolute atomic E-state index is 9.78. The first-order valence-corrected chi connectivity index (χ1v) is 10.7. The average Bonchev–Trinajstić information content (AvgIpc) is 3.24. The zero-order chi connectivity index (χ0) is 20.6. The normalized spacial score (nSPS) is 27.6. The van der Waals surface area contributed by atoms with Crippen molar-refractivity contribution in [3.05, 3.63) is 71.8 Å². The molecule has 2 fully saturated rings.